The molecule has 0 unspecified atom stereocenters. The first-order chi connectivity index (χ1) is 10.9. The van der Waals surface area contributed by atoms with Crippen LogP contribution < -0.4 is 4.74 Å². The van der Waals surface area contributed by atoms with Gasteiger partial charge in [-0.1, -0.05) is 18.2 Å². The number of halogens is 3. The van der Waals surface area contributed by atoms with Crippen molar-refractivity contribution in [2.75, 3.05) is 13.7 Å². The Morgan fingerprint density at radius 2 is 1.74 bits per heavy atom. The van der Waals surface area contributed by atoms with Crippen LogP contribution >= 0.6 is 0 Å². The summed E-state index contributed by atoms with van der Waals surface area (Å²) in [5.74, 6) is -0.170. The Balaban J connectivity index is 2.55. The molecule has 3 nitrogen and oxygen atoms in total. The number of methoxy groups -OCH3 is 1. The van der Waals surface area contributed by atoms with E-state index in [-0.39, 0.29) is 12.2 Å². The van der Waals surface area contributed by atoms with Gasteiger partial charge in [0.1, 0.15) is 5.75 Å². The highest BCUT2D eigenvalue weighted by Crippen LogP contribution is 2.36. The fourth-order valence-electron chi connectivity index (χ4n) is 2.20. The normalized spacial score (nSPS) is 11.2. The zero-order chi connectivity index (χ0) is 17.0. The van der Waals surface area contributed by atoms with Crippen LogP contribution in [0.15, 0.2) is 42.5 Å². The maximum Gasteiger partial charge on any atom is 0.416 e. The largest absolute Gasteiger partial charge is 0.496 e. The van der Waals surface area contributed by atoms with Gasteiger partial charge in [-0.05, 0) is 36.8 Å². The number of alkyl halides is 3. The molecule has 0 N–H and O–H groups in total. The lowest BCUT2D eigenvalue weighted by Gasteiger charge is -2.14. The van der Waals surface area contributed by atoms with Gasteiger partial charge in [0.25, 0.3) is 0 Å². The van der Waals surface area contributed by atoms with Crippen LogP contribution in [0.5, 0.6) is 5.75 Å². The van der Waals surface area contributed by atoms with Crippen molar-refractivity contribution >= 4 is 5.97 Å². The Morgan fingerprint density at radius 3 is 2.26 bits per heavy atom. The standard InChI is InChI=1S/C17H15F3O3/c1-3-23-16(21)13-5-4-6-14(22-2)15(13)11-7-9-12(10-8-11)17(18,19)20/h4-10H,3H2,1-2H3. The van der Waals surface area contributed by atoms with Gasteiger partial charge in [0.2, 0.25) is 0 Å². The summed E-state index contributed by atoms with van der Waals surface area (Å²) in [6.45, 7) is 1.87. The second-order valence-corrected chi connectivity index (χ2v) is 4.68. The fourth-order valence-corrected chi connectivity index (χ4v) is 2.20. The lowest BCUT2D eigenvalue weighted by molar-refractivity contribution is -0.137. The Labute approximate surface area is 131 Å². The van der Waals surface area contributed by atoms with Crippen LogP contribution in [0.1, 0.15) is 22.8 Å². The van der Waals surface area contributed by atoms with E-state index in [4.69, 9.17) is 9.47 Å². The molecule has 0 amide bonds. The van der Waals surface area contributed by atoms with Crippen molar-refractivity contribution in [3.05, 3.63) is 53.6 Å². The Hall–Kier alpha value is -2.50. The van der Waals surface area contributed by atoms with Crippen LogP contribution in [0.2, 0.25) is 0 Å². The number of ether oxygens (including phenoxy) is 2. The van der Waals surface area contributed by atoms with Crippen molar-refractivity contribution in [2.45, 2.75) is 13.1 Å². The third-order valence-corrected chi connectivity index (χ3v) is 3.24. The quantitative estimate of drug-likeness (QED) is 0.774. The molecule has 0 saturated heterocycles. The highest BCUT2D eigenvalue weighted by molar-refractivity contribution is 5.99. The number of hydrogen-bond acceptors (Lipinski definition) is 3. The zero-order valence-electron chi connectivity index (χ0n) is 12.6. The first-order valence-corrected chi connectivity index (χ1v) is 6.90. The minimum Gasteiger partial charge on any atom is -0.496 e. The summed E-state index contributed by atoms with van der Waals surface area (Å²) in [4.78, 5) is 12.1. The van der Waals surface area contributed by atoms with E-state index in [2.05, 4.69) is 0 Å². The van der Waals surface area contributed by atoms with Crippen LogP contribution in [-0.4, -0.2) is 19.7 Å². The minimum absolute atomic E-state index is 0.197. The van der Waals surface area contributed by atoms with E-state index in [1.807, 2.05) is 0 Å². The Kier molecular flexibility index (Phi) is 4.93. The molecule has 0 aliphatic carbocycles. The number of esters is 1. The molecule has 0 atom stereocenters. The molecule has 0 aliphatic heterocycles. The molecular weight excluding hydrogens is 309 g/mol. The molecule has 0 aliphatic rings. The Bertz CT molecular complexity index is 691. The zero-order valence-corrected chi connectivity index (χ0v) is 12.6. The molecule has 2 rings (SSSR count). The molecule has 2 aromatic carbocycles. The van der Waals surface area contributed by atoms with Crippen LogP contribution in [0.3, 0.4) is 0 Å². The summed E-state index contributed by atoms with van der Waals surface area (Å²) in [5, 5.41) is 0. The van der Waals surface area contributed by atoms with E-state index >= 15 is 0 Å². The van der Waals surface area contributed by atoms with Gasteiger partial charge in [-0.2, -0.15) is 13.2 Å². The van der Waals surface area contributed by atoms with Gasteiger partial charge in [0.15, 0.2) is 0 Å². The first kappa shape index (κ1) is 16.9. The highest BCUT2D eigenvalue weighted by atomic mass is 19.4. The first-order valence-electron chi connectivity index (χ1n) is 6.90. The van der Waals surface area contributed by atoms with Gasteiger partial charge in [-0.3, -0.25) is 0 Å². The van der Waals surface area contributed by atoms with E-state index in [0.717, 1.165) is 12.1 Å². The van der Waals surface area contributed by atoms with Gasteiger partial charge in [0, 0.05) is 5.56 Å². The maximum absolute atomic E-state index is 12.7. The Morgan fingerprint density at radius 1 is 1.09 bits per heavy atom. The van der Waals surface area contributed by atoms with E-state index in [1.54, 1.807) is 25.1 Å². The molecule has 23 heavy (non-hydrogen) atoms. The summed E-state index contributed by atoms with van der Waals surface area (Å²) in [7, 11) is 1.43. The van der Waals surface area contributed by atoms with Crippen molar-refractivity contribution in [1.29, 1.82) is 0 Å². The van der Waals surface area contributed by atoms with Crippen molar-refractivity contribution in [2.24, 2.45) is 0 Å². The molecule has 0 fully saturated rings. The lowest BCUT2D eigenvalue weighted by Crippen LogP contribution is -2.08. The number of rotatable bonds is 4. The second kappa shape index (κ2) is 6.73. The van der Waals surface area contributed by atoms with Crippen molar-refractivity contribution < 1.29 is 27.4 Å². The predicted molar refractivity (Wildman–Crippen MR) is 79.4 cm³/mol. The molecule has 0 saturated carbocycles. The number of carbonyl (C=O) groups is 1. The molecule has 0 radical (unpaired) electrons. The van der Waals surface area contributed by atoms with Crippen molar-refractivity contribution in [3.63, 3.8) is 0 Å². The average Bonchev–Trinajstić information content (AvgIpc) is 2.53. The van der Waals surface area contributed by atoms with Gasteiger partial charge < -0.3 is 9.47 Å². The van der Waals surface area contributed by atoms with E-state index in [9.17, 15) is 18.0 Å². The second-order valence-electron chi connectivity index (χ2n) is 4.68. The average molecular weight is 324 g/mol. The van der Waals surface area contributed by atoms with Crippen molar-refractivity contribution in [1.82, 2.24) is 0 Å². The summed E-state index contributed by atoms with van der Waals surface area (Å²) in [5.41, 5.74) is 0.334. The van der Waals surface area contributed by atoms with E-state index in [0.29, 0.717) is 16.9 Å². The topological polar surface area (TPSA) is 35.5 Å². The van der Waals surface area contributed by atoms with Gasteiger partial charge >= 0.3 is 12.1 Å². The highest BCUT2D eigenvalue weighted by Gasteiger charge is 2.30. The number of hydrogen-bond donors (Lipinski definition) is 0. The molecule has 0 aromatic heterocycles. The van der Waals surface area contributed by atoms with Gasteiger partial charge in [-0.15, -0.1) is 0 Å². The van der Waals surface area contributed by atoms with Gasteiger partial charge in [-0.25, -0.2) is 4.79 Å². The van der Waals surface area contributed by atoms with E-state index in [1.165, 1.54) is 19.2 Å². The summed E-state index contributed by atoms with van der Waals surface area (Å²) < 4.78 is 48.3. The lowest BCUT2D eigenvalue weighted by atomic mass is 9.97. The van der Waals surface area contributed by atoms with Crippen LogP contribution in [0.25, 0.3) is 11.1 Å². The smallest absolute Gasteiger partial charge is 0.416 e. The monoisotopic (exact) mass is 324 g/mol. The number of carbonyl (C=O) groups excluding carboxylic acids is 1. The minimum atomic E-state index is -4.41. The molecule has 2 aromatic rings. The van der Waals surface area contributed by atoms with Crippen molar-refractivity contribution in [3.8, 4) is 16.9 Å². The molecule has 0 bridgehead atoms. The third-order valence-electron chi connectivity index (χ3n) is 3.24. The predicted octanol–water partition coefficient (Wildman–Crippen LogP) is 4.56. The van der Waals surface area contributed by atoms with Gasteiger partial charge in [0.05, 0.1) is 24.8 Å². The molecular formula is C17H15F3O3. The van der Waals surface area contributed by atoms with Crippen LogP contribution in [-0.2, 0) is 10.9 Å². The SMILES string of the molecule is CCOC(=O)c1cccc(OC)c1-c1ccc(C(F)(F)F)cc1. The van der Waals surface area contributed by atoms with Crippen LogP contribution in [0.4, 0.5) is 13.2 Å². The molecule has 122 valence electrons. The third kappa shape index (κ3) is 3.64. The fraction of sp³-hybridized carbons (Fsp3) is 0.235. The summed E-state index contributed by atoms with van der Waals surface area (Å²) in [6.07, 6.45) is -4.41. The van der Waals surface area contributed by atoms with Crippen LogP contribution in [0, 0.1) is 0 Å². The maximum atomic E-state index is 12.7. The van der Waals surface area contributed by atoms with E-state index < -0.39 is 17.7 Å². The molecule has 6 heteroatoms. The molecule has 0 heterocycles. The number of benzene rings is 2. The summed E-state index contributed by atoms with van der Waals surface area (Å²) >= 11 is 0. The molecule has 0 spiro atoms. The summed E-state index contributed by atoms with van der Waals surface area (Å²) in [6, 6.07) is 9.36.